The lowest BCUT2D eigenvalue weighted by atomic mass is 10.1. The van der Waals surface area contributed by atoms with Crippen molar-refractivity contribution in [3.8, 4) is 0 Å². The number of primary amides is 1. The number of anilines is 1. The number of urea groups is 1. The van der Waals surface area contributed by atoms with Crippen LogP contribution < -0.4 is 10.7 Å². The van der Waals surface area contributed by atoms with Crippen molar-refractivity contribution in [1.82, 2.24) is 5.01 Å². The number of amides is 2. The van der Waals surface area contributed by atoms with Crippen molar-refractivity contribution >= 4 is 17.3 Å². The quantitative estimate of drug-likeness (QED) is 0.947. The second-order valence-electron chi connectivity index (χ2n) is 4.90. The predicted molar refractivity (Wildman–Crippen MR) is 85.6 cm³/mol. The first-order chi connectivity index (χ1) is 10.7. The van der Waals surface area contributed by atoms with E-state index in [1.807, 2.05) is 60.7 Å². The number of carbonyl (C=O) groups excluding carboxylic acids is 1. The van der Waals surface area contributed by atoms with Crippen molar-refractivity contribution in [2.24, 2.45) is 5.73 Å². The predicted octanol–water partition coefficient (Wildman–Crippen LogP) is 2.82. The second kappa shape index (κ2) is 5.81. The molecule has 5 nitrogen and oxygen atoms in total. The van der Waals surface area contributed by atoms with Gasteiger partial charge >= 0.3 is 6.03 Å². The van der Waals surface area contributed by atoms with Crippen LogP contribution in [0.4, 0.5) is 10.5 Å². The summed E-state index contributed by atoms with van der Waals surface area (Å²) in [4.78, 5) is 11.8. The number of hydrogen-bond donors (Lipinski definition) is 1. The number of ether oxygens (including phenoxy) is 1. The Labute approximate surface area is 129 Å². The molecule has 0 atom stereocenters. The van der Waals surface area contributed by atoms with Crippen molar-refractivity contribution in [3.05, 3.63) is 72.1 Å². The van der Waals surface area contributed by atoms with Crippen molar-refractivity contribution in [2.45, 2.75) is 0 Å². The number of carbonyl (C=O) groups is 1. The van der Waals surface area contributed by atoms with Gasteiger partial charge in [0.2, 0.25) is 5.88 Å². The fourth-order valence-corrected chi connectivity index (χ4v) is 2.59. The van der Waals surface area contributed by atoms with Crippen LogP contribution in [0, 0.1) is 0 Å². The maximum absolute atomic E-state index is 11.8. The van der Waals surface area contributed by atoms with Gasteiger partial charge in [0.15, 0.2) is 0 Å². The maximum Gasteiger partial charge on any atom is 0.334 e. The van der Waals surface area contributed by atoms with Crippen LogP contribution in [0.2, 0.25) is 0 Å². The van der Waals surface area contributed by atoms with Gasteiger partial charge in [-0.2, -0.15) is 0 Å². The lowest BCUT2D eigenvalue weighted by Gasteiger charge is -2.29. The Morgan fingerprint density at radius 2 is 1.64 bits per heavy atom. The monoisotopic (exact) mass is 295 g/mol. The van der Waals surface area contributed by atoms with Gasteiger partial charge in [-0.3, -0.25) is 0 Å². The number of methoxy groups -OCH3 is 1. The summed E-state index contributed by atoms with van der Waals surface area (Å²) in [5.74, 6) is 0.608. The molecule has 2 aromatic carbocycles. The van der Waals surface area contributed by atoms with Gasteiger partial charge in [0.05, 0.1) is 19.3 Å². The highest BCUT2D eigenvalue weighted by atomic mass is 16.5. The first kappa shape index (κ1) is 14.0. The molecule has 1 aliphatic rings. The fourth-order valence-electron chi connectivity index (χ4n) is 2.59. The number of rotatable bonds is 3. The number of nitrogens with two attached hydrogens (primary N) is 1. The molecule has 1 heterocycles. The molecule has 5 heteroatoms. The van der Waals surface area contributed by atoms with Crippen LogP contribution in [0.3, 0.4) is 0 Å². The number of benzene rings is 2. The molecule has 2 aromatic rings. The molecule has 0 spiro atoms. The SMILES string of the molecule is COC1=C(c2ccccc2)CN(C(N)=O)N1c1ccccc1. The molecule has 0 aliphatic carbocycles. The first-order valence-electron chi connectivity index (χ1n) is 6.97. The Bertz CT molecular complexity index is 698. The van der Waals surface area contributed by atoms with E-state index >= 15 is 0 Å². The van der Waals surface area contributed by atoms with E-state index < -0.39 is 6.03 Å². The number of hydrazine groups is 1. The van der Waals surface area contributed by atoms with Crippen molar-refractivity contribution in [2.75, 3.05) is 18.7 Å². The fraction of sp³-hybridized carbons (Fsp3) is 0.118. The molecule has 2 amide bonds. The zero-order valence-electron chi connectivity index (χ0n) is 12.3. The van der Waals surface area contributed by atoms with E-state index in [9.17, 15) is 4.79 Å². The summed E-state index contributed by atoms with van der Waals surface area (Å²) in [5, 5.41) is 3.18. The van der Waals surface area contributed by atoms with Gasteiger partial charge in [0.25, 0.3) is 0 Å². The summed E-state index contributed by atoms with van der Waals surface area (Å²) >= 11 is 0. The third-order valence-electron chi connectivity index (χ3n) is 3.57. The minimum absolute atomic E-state index is 0.372. The lowest BCUT2D eigenvalue weighted by Crippen LogP contribution is -2.45. The Balaban J connectivity index is 2.11. The van der Waals surface area contributed by atoms with E-state index in [1.54, 1.807) is 12.1 Å². The molecule has 0 unspecified atom stereocenters. The third-order valence-corrected chi connectivity index (χ3v) is 3.57. The molecule has 2 N–H and O–H groups in total. The van der Waals surface area contributed by atoms with Crippen molar-refractivity contribution in [3.63, 3.8) is 0 Å². The maximum atomic E-state index is 11.8. The van der Waals surface area contributed by atoms with E-state index in [0.717, 1.165) is 16.8 Å². The Morgan fingerprint density at radius 1 is 1.05 bits per heavy atom. The van der Waals surface area contributed by atoms with Gasteiger partial charge in [-0.05, 0) is 17.7 Å². The van der Waals surface area contributed by atoms with Gasteiger partial charge in [0.1, 0.15) is 0 Å². The van der Waals surface area contributed by atoms with Crippen LogP contribution in [-0.4, -0.2) is 24.7 Å². The normalized spacial score (nSPS) is 14.4. The lowest BCUT2D eigenvalue weighted by molar-refractivity contribution is 0.201. The number of para-hydroxylation sites is 1. The molecular weight excluding hydrogens is 278 g/mol. The Hall–Kier alpha value is -2.95. The van der Waals surface area contributed by atoms with Gasteiger partial charge in [-0.1, -0.05) is 48.5 Å². The second-order valence-corrected chi connectivity index (χ2v) is 4.90. The van der Waals surface area contributed by atoms with E-state index in [-0.39, 0.29) is 0 Å². The highest BCUT2D eigenvalue weighted by Gasteiger charge is 2.35. The van der Waals surface area contributed by atoms with E-state index in [2.05, 4.69) is 0 Å². The highest BCUT2D eigenvalue weighted by Crippen LogP contribution is 2.34. The summed E-state index contributed by atoms with van der Waals surface area (Å²) in [6.45, 7) is 0.372. The van der Waals surface area contributed by atoms with Crippen molar-refractivity contribution in [1.29, 1.82) is 0 Å². The zero-order chi connectivity index (χ0) is 15.5. The van der Waals surface area contributed by atoms with Gasteiger partial charge in [0, 0.05) is 5.57 Å². The van der Waals surface area contributed by atoms with Crippen LogP contribution in [-0.2, 0) is 4.74 Å². The number of hydrogen-bond acceptors (Lipinski definition) is 3. The molecule has 0 fully saturated rings. The average molecular weight is 295 g/mol. The van der Waals surface area contributed by atoms with E-state index in [0.29, 0.717) is 12.4 Å². The topological polar surface area (TPSA) is 58.8 Å². The minimum Gasteiger partial charge on any atom is -0.481 e. The molecule has 3 rings (SSSR count). The Kier molecular flexibility index (Phi) is 3.70. The molecule has 0 saturated carbocycles. The molecule has 22 heavy (non-hydrogen) atoms. The minimum atomic E-state index is -0.524. The summed E-state index contributed by atoms with van der Waals surface area (Å²) in [6, 6.07) is 18.9. The van der Waals surface area contributed by atoms with Crippen LogP contribution >= 0.6 is 0 Å². The molecule has 0 aromatic heterocycles. The van der Waals surface area contributed by atoms with Gasteiger partial charge in [-0.25, -0.2) is 14.8 Å². The van der Waals surface area contributed by atoms with Gasteiger partial charge in [-0.15, -0.1) is 0 Å². The summed E-state index contributed by atoms with van der Waals surface area (Å²) in [7, 11) is 1.60. The van der Waals surface area contributed by atoms with Crippen molar-refractivity contribution < 1.29 is 9.53 Å². The molecule has 0 bridgehead atoms. The van der Waals surface area contributed by atoms with Crippen LogP contribution in [0.1, 0.15) is 5.56 Å². The highest BCUT2D eigenvalue weighted by molar-refractivity contribution is 5.84. The van der Waals surface area contributed by atoms with E-state index in [1.165, 1.54) is 5.01 Å². The summed E-state index contributed by atoms with van der Waals surface area (Å²) in [6.07, 6.45) is 0. The molecule has 112 valence electrons. The molecule has 0 saturated heterocycles. The Morgan fingerprint density at radius 3 is 2.18 bits per heavy atom. The summed E-state index contributed by atoms with van der Waals surface area (Å²) in [5.41, 5.74) is 8.29. The average Bonchev–Trinajstić information content (AvgIpc) is 2.96. The van der Waals surface area contributed by atoms with Gasteiger partial charge < -0.3 is 10.5 Å². The van der Waals surface area contributed by atoms with E-state index in [4.69, 9.17) is 10.5 Å². The van der Waals surface area contributed by atoms with Crippen LogP contribution in [0.5, 0.6) is 0 Å². The molecule has 1 aliphatic heterocycles. The van der Waals surface area contributed by atoms with Crippen LogP contribution in [0.25, 0.3) is 5.57 Å². The van der Waals surface area contributed by atoms with Crippen LogP contribution in [0.15, 0.2) is 66.5 Å². The molecule has 0 radical (unpaired) electrons. The standard InChI is InChI=1S/C17H17N3O2/c1-22-16-15(13-8-4-2-5-9-13)12-19(17(18)21)20(16)14-10-6-3-7-11-14/h2-11H,12H2,1H3,(H2,18,21). The smallest absolute Gasteiger partial charge is 0.334 e. The summed E-state index contributed by atoms with van der Waals surface area (Å²) < 4.78 is 5.58. The third kappa shape index (κ3) is 2.37. The molecular formula is C17H17N3O2. The first-order valence-corrected chi connectivity index (χ1v) is 6.97. The number of nitrogens with zero attached hydrogens (tertiary/aromatic N) is 2. The zero-order valence-corrected chi connectivity index (χ0v) is 12.3. The largest absolute Gasteiger partial charge is 0.481 e.